The molecule has 0 radical (unpaired) electrons. The van der Waals surface area contributed by atoms with Gasteiger partial charge in [0.1, 0.15) is 0 Å². The number of aryl methyl sites for hydroxylation is 3. The molecule has 0 aromatic heterocycles. The van der Waals surface area contributed by atoms with Crippen LogP contribution in [-0.4, -0.2) is 11.8 Å². The van der Waals surface area contributed by atoms with E-state index in [0.29, 0.717) is 16.2 Å². The lowest BCUT2D eigenvalue weighted by atomic mass is 9.98. The van der Waals surface area contributed by atoms with E-state index < -0.39 is 0 Å². The summed E-state index contributed by atoms with van der Waals surface area (Å²) in [5.74, 6) is -0.546. The minimum atomic E-state index is -0.274. The maximum Gasteiger partial charge on any atom is 0.272 e. The highest BCUT2D eigenvalue weighted by atomic mass is 32.2. The molecule has 3 aromatic rings. The fourth-order valence-electron chi connectivity index (χ4n) is 3.54. The maximum absolute atomic E-state index is 13.5. The molecule has 0 unspecified atom stereocenters. The van der Waals surface area contributed by atoms with Gasteiger partial charge in [-0.1, -0.05) is 65.9 Å². The van der Waals surface area contributed by atoms with Crippen LogP contribution < -0.4 is 4.90 Å². The zero-order valence-corrected chi connectivity index (χ0v) is 17.4. The van der Waals surface area contributed by atoms with Crippen LogP contribution in [0.25, 0.3) is 5.57 Å². The van der Waals surface area contributed by atoms with Crippen molar-refractivity contribution in [3.8, 4) is 0 Å². The van der Waals surface area contributed by atoms with Crippen LogP contribution in [-0.2, 0) is 9.59 Å². The van der Waals surface area contributed by atoms with Gasteiger partial charge < -0.3 is 0 Å². The van der Waals surface area contributed by atoms with Crippen LogP contribution in [0.15, 0.2) is 82.6 Å². The van der Waals surface area contributed by atoms with Gasteiger partial charge in [-0.3, -0.25) is 9.59 Å². The number of carbonyl (C=O) groups is 2. The zero-order chi connectivity index (χ0) is 20.5. The number of hydrogen-bond donors (Lipinski definition) is 0. The summed E-state index contributed by atoms with van der Waals surface area (Å²) in [4.78, 5) is 29.6. The molecule has 29 heavy (non-hydrogen) atoms. The first-order chi connectivity index (χ1) is 14.0. The lowest BCUT2D eigenvalue weighted by Crippen LogP contribution is -2.31. The summed E-state index contributed by atoms with van der Waals surface area (Å²) >= 11 is 1.35. The molecule has 0 atom stereocenters. The van der Waals surface area contributed by atoms with Crippen molar-refractivity contribution in [3.63, 3.8) is 0 Å². The van der Waals surface area contributed by atoms with Gasteiger partial charge in [0, 0.05) is 4.90 Å². The second-order valence-electron chi connectivity index (χ2n) is 7.22. The quantitative estimate of drug-likeness (QED) is 0.529. The molecule has 3 aromatic carbocycles. The molecule has 3 nitrogen and oxygen atoms in total. The molecule has 0 spiro atoms. The van der Waals surface area contributed by atoms with Crippen LogP contribution in [0, 0.1) is 20.8 Å². The summed E-state index contributed by atoms with van der Waals surface area (Å²) in [7, 11) is 0. The average molecular weight is 400 g/mol. The topological polar surface area (TPSA) is 37.4 Å². The molecule has 0 aliphatic carbocycles. The SMILES string of the molecule is Cc1cccc(N2C(=O)C(Sc3ccccc3)=C(c3ccc(C)cc3C)C2=O)c1. The molecular formula is C25H21NO2S. The first-order valence-corrected chi connectivity index (χ1v) is 10.3. The first-order valence-electron chi connectivity index (χ1n) is 9.46. The van der Waals surface area contributed by atoms with Crippen molar-refractivity contribution in [2.45, 2.75) is 25.7 Å². The maximum atomic E-state index is 13.5. The van der Waals surface area contributed by atoms with Crippen molar-refractivity contribution in [1.82, 2.24) is 0 Å². The third kappa shape index (κ3) is 3.64. The van der Waals surface area contributed by atoms with E-state index in [-0.39, 0.29) is 11.8 Å². The number of amides is 2. The van der Waals surface area contributed by atoms with Gasteiger partial charge >= 0.3 is 0 Å². The summed E-state index contributed by atoms with van der Waals surface area (Å²) < 4.78 is 0. The van der Waals surface area contributed by atoms with Crippen molar-refractivity contribution in [2.75, 3.05) is 4.90 Å². The molecule has 0 saturated heterocycles. The molecule has 4 heteroatoms. The molecule has 0 saturated carbocycles. The third-order valence-corrected chi connectivity index (χ3v) is 6.01. The van der Waals surface area contributed by atoms with Crippen molar-refractivity contribution in [2.24, 2.45) is 0 Å². The van der Waals surface area contributed by atoms with Crippen LogP contribution in [0.1, 0.15) is 22.3 Å². The number of thioether (sulfide) groups is 1. The van der Waals surface area contributed by atoms with E-state index in [2.05, 4.69) is 0 Å². The Morgan fingerprint density at radius 1 is 0.724 bits per heavy atom. The van der Waals surface area contributed by atoms with Crippen molar-refractivity contribution in [3.05, 3.63) is 100.0 Å². The van der Waals surface area contributed by atoms with Crippen molar-refractivity contribution < 1.29 is 9.59 Å². The highest BCUT2D eigenvalue weighted by Crippen LogP contribution is 2.42. The molecule has 1 heterocycles. The first kappa shape index (κ1) is 19.2. The Morgan fingerprint density at radius 2 is 1.45 bits per heavy atom. The molecule has 0 N–H and O–H groups in total. The Kier molecular flexibility index (Phi) is 5.12. The predicted molar refractivity (Wildman–Crippen MR) is 119 cm³/mol. The van der Waals surface area contributed by atoms with Crippen LogP contribution in [0.5, 0.6) is 0 Å². The Bertz CT molecular complexity index is 1150. The van der Waals surface area contributed by atoms with Crippen LogP contribution in [0.2, 0.25) is 0 Å². The number of nitrogens with zero attached hydrogens (tertiary/aromatic N) is 1. The van der Waals surface area contributed by atoms with E-state index in [1.165, 1.54) is 16.7 Å². The number of carbonyl (C=O) groups excluding carboxylic acids is 2. The normalized spacial score (nSPS) is 14.1. The molecule has 1 aliphatic rings. The van der Waals surface area contributed by atoms with Gasteiger partial charge in [0.05, 0.1) is 16.2 Å². The minimum absolute atomic E-state index is 0.272. The van der Waals surface area contributed by atoms with E-state index in [1.54, 1.807) is 6.07 Å². The second-order valence-corrected chi connectivity index (χ2v) is 8.31. The van der Waals surface area contributed by atoms with Crippen molar-refractivity contribution >= 4 is 34.8 Å². The van der Waals surface area contributed by atoms with Gasteiger partial charge in [0.2, 0.25) is 0 Å². The summed E-state index contributed by atoms with van der Waals surface area (Å²) in [6, 6.07) is 23.1. The summed E-state index contributed by atoms with van der Waals surface area (Å²) in [6.07, 6.45) is 0. The standard InChI is InChI=1S/C25H21NO2S/c1-16-8-7-9-19(15-16)26-24(27)22(21-13-12-17(2)14-18(21)3)23(25(26)28)29-20-10-5-4-6-11-20/h4-15H,1-3H3. The fourth-order valence-corrected chi connectivity index (χ4v) is 4.55. The third-order valence-electron chi connectivity index (χ3n) is 4.92. The van der Waals surface area contributed by atoms with Gasteiger partial charge in [-0.25, -0.2) is 4.90 Å². The molecule has 144 valence electrons. The fraction of sp³-hybridized carbons (Fsp3) is 0.120. The minimum Gasteiger partial charge on any atom is -0.268 e. The van der Waals surface area contributed by atoms with Gasteiger partial charge in [0.25, 0.3) is 11.8 Å². The van der Waals surface area contributed by atoms with Crippen molar-refractivity contribution in [1.29, 1.82) is 0 Å². The summed E-state index contributed by atoms with van der Waals surface area (Å²) in [6.45, 7) is 5.95. The monoisotopic (exact) mass is 399 g/mol. The molecule has 4 rings (SSSR count). The van der Waals surface area contributed by atoms with Gasteiger partial charge in [0.15, 0.2) is 0 Å². The van der Waals surface area contributed by atoms with E-state index in [9.17, 15) is 9.59 Å². The van der Waals surface area contributed by atoms with Gasteiger partial charge in [-0.15, -0.1) is 0 Å². The Labute approximate surface area is 175 Å². The predicted octanol–water partition coefficient (Wildman–Crippen LogP) is 5.69. The van der Waals surface area contributed by atoms with E-state index in [0.717, 1.165) is 27.1 Å². The molecule has 0 bridgehead atoms. The molecule has 2 amide bonds. The number of benzene rings is 3. The number of anilines is 1. The van der Waals surface area contributed by atoms with Gasteiger partial charge in [-0.05, 0) is 61.7 Å². The summed E-state index contributed by atoms with van der Waals surface area (Å²) in [5, 5.41) is 0. The molecule has 0 fully saturated rings. The van der Waals surface area contributed by atoms with E-state index in [1.807, 2.05) is 87.5 Å². The molecular weight excluding hydrogens is 378 g/mol. The van der Waals surface area contributed by atoms with Crippen LogP contribution >= 0.6 is 11.8 Å². The highest BCUT2D eigenvalue weighted by molar-refractivity contribution is 8.04. The van der Waals surface area contributed by atoms with Gasteiger partial charge in [-0.2, -0.15) is 0 Å². The largest absolute Gasteiger partial charge is 0.272 e. The second kappa shape index (κ2) is 7.72. The highest BCUT2D eigenvalue weighted by Gasteiger charge is 2.40. The average Bonchev–Trinajstić information content (AvgIpc) is 2.93. The smallest absolute Gasteiger partial charge is 0.268 e. The Balaban J connectivity index is 1.87. The lowest BCUT2D eigenvalue weighted by molar-refractivity contribution is -0.119. The van der Waals surface area contributed by atoms with Crippen LogP contribution in [0.3, 0.4) is 0 Å². The van der Waals surface area contributed by atoms with E-state index >= 15 is 0 Å². The number of hydrogen-bond acceptors (Lipinski definition) is 3. The zero-order valence-electron chi connectivity index (χ0n) is 16.6. The number of rotatable bonds is 4. The number of imide groups is 1. The summed E-state index contributed by atoms with van der Waals surface area (Å²) in [5.41, 5.74) is 4.99. The van der Waals surface area contributed by atoms with Crippen LogP contribution in [0.4, 0.5) is 5.69 Å². The lowest BCUT2D eigenvalue weighted by Gasteiger charge is -2.16. The Hall–Kier alpha value is -3.11. The Morgan fingerprint density at radius 3 is 2.14 bits per heavy atom. The molecule has 1 aliphatic heterocycles. The van der Waals surface area contributed by atoms with E-state index in [4.69, 9.17) is 0 Å².